The Kier molecular flexibility index (Phi) is 5.61. The van der Waals surface area contributed by atoms with E-state index in [2.05, 4.69) is 15.0 Å². The molecule has 0 aliphatic carbocycles. The summed E-state index contributed by atoms with van der Waals surface area (Å²) < 4.78 is 30.8. The molecular weight excluding hydrogens is 414 g/mol. The minimum atomic E-state index is -2.24. The van der Waals surface area contributed by atoms with Gasteiger partial charge in [0, 0.05) is 37.0 Å². The van der Waals surface area contributed by atoms with E-state index in [1.807, 2.05) is 23.1 Å². The molecule has 2 aliphatic heterocycles. The van der Waals surface area contributed by atoms with Crippen LogP contribution in [0.5, 0.6) is 0 Å². The van der Waals surface area contributed by atoms with Gasteiger partial charge in [-0.1, -0.05) is 0 Å². The Labute approximate surface area is 185 Å². The summed E-state index contributed by atoms with van der Waals surface area (Å²) in [5.41, 5.74) is 2.12. The first kappa shape index (κ1) is 21.0. The molecule has 8 heteroatoms. The number of rotatable bonds is 6. The molecule has 5 heterocycles. The van der Waals surface area contributed by atoms with Crippen LogP contribution in [0.15, 0.2) is 35.0 Å². The lowest BCUT2D eigenvalue weighted by Gasteiger charge is -2.39. The van der Waals surface area contributed by atoms with Crippen molar-refractivity contribution in [3.8, 4) is 11.5 Å². The number of aromatic nitrogens is 3. The van der Waals surface area contributed by atoms with Crippen LogP contribution in [0.1, 0.15) is 50.1 Å². The standard InChI is InChI=1S/C24H26F2N4O2/c1-14-27-13-22(32-14)20-6-3-16-12-28-17(10-21(16)29-20)11-24(31)30-18-4-5-19(30)9-15(8-18)2-7-23(25)26/h3,6,10,12-13,15,18-19,23H,2,4-5,7-9,11H2,1H3/t15?,18-,19+. The maximum Gasteiger partial charge on any atom is 0.238 e. The normalized spacial score (nSPS) is 22.8. The summed E-state index contributed by atoms with van der Waals surface area (Å²) >= 11 is 0. The number of pyridine rings is 2. The Balaban J connectivity index is 1.29. The van der Waals surface area contributed by atoms with Crippen molar-refractivity contribution in [3.63, 3.8) is 0 Å². The second-order valence-corrected chi connectivity index (χ2v) is 8.98. The number of carbonyl (C=O) groups excluding carboxylic acids is 1. The van der Waals surface area contributed by atoms with Crippen LogP contribution in [0.25, 0.3) is 22.4 Å². The Bertz CT molecular complexity index is 1120. The van der Waals surface area contributed by atoms with Crippen LogP contribution in [0.4, 0.5) is 8.78 Å². The van der Waals surface area contributed by atoms with Crippen molar-refractivity contribution < 1.29 is 18.0 Å². The summed E-state index contributed by atoms with van der Waals surface area (Å²) in [6.07, 6.45) is 5.48. The number of hydrogen-bond acceptors (Lipinski definition) is 5. The van der Waals surface area contributed by atoms with Crippen LogP contribution in [-0.2, 0) is 11.2 Å². The highest BCUT2D eigenvalue weighted by atomic mass is 19.3. The number of oxazole rings is 1. The molecule has 5 rings (SSSR count). The van der Waals surface area contributed by atoms with E-state index in [1.54, 1.807) is 19.3 Å². The van der Waals surface area contributed by atoms with Crippen molar-refractivity contribution in [2.45, 2.75) is 70.4 Å². The van der Waals surface area contributed by atoms with Gasteiger partial charge in [-0.25, -0.2) is 18.7 Å². The average molecular weight is 440 g/mol. The molecule has 168 valence electrons. The molecule has 2 saturated heterocycles. The lowest BCUT2D eigenvalue weighted by molar-refractivity contribution is -0.135. The monoisotopic (exact) mass is 440 g/mol. The molecule has 1 amide bonds. The van der Waals surface area contributed by atoms with Crippen molar-refractivity contribution >= 4 is 16.8 Å². The number of aryl methyl sites for hydroxylation is 1. The van der Waals surface area contributed by atoms with Crippen LogP contribution in [0.3, 0.4) is 0 Å². The van der Waals surface area contributed by atoms with Crippen molar-refractivity contribution in [1.29, 1.82) is 0 Å². The Morgan fingerprint density at radius 1 is 1.19 bits per heavy atom. The zero-order chi connectivity index (χ0) is 22.2. The summed E-state index contributed by atoms with van der Waals surface area (Å²) in [6, 6.07) is 5.99. The van der Waals surface area contributed by atoms with Gasteiger partial charge in [0.25, 0.3) is 0 Å². The van der Waals surface area contributed by atoms with Gasteiger partial charge in [-0.2, -0.15) is 0 Å². The minimum Gasteiger partial charge on any atom is -0.439 e. The average Bonchev–Trinajstić information content (AvgIpc) is 3.32. The third kappa shape index (κ3) is 4.23. The minimum absolute atomic E-state index is 0.0400. The topological polar surface area (TPSA) is 72.1 Å². The molecule has 3 aromatic heterocycles. The van der Waals surface area contributed by atoms with E-state index in [1.165, 1.54) is 0 Å². The number of carbonyl (C=O) groups is 1. The third-order valence-corrected chi connectivity index (χ3v) is 6.75. The van der Waals surface area contributed by atoms with Crippen LogP contribution < -0.4 is 0 Å². The van der Waals surface area contributed by atoms with E-state index in [0.29, 0.717) is 35.4 Å². The number of fused-ring (bicyclic) bond motifs is 3. The van der Waals surface area contributed by atoms with Gasteiger partial charge in [-0.3, -0.25) is 9.78 Å². The fourth-order valence-corrected chi connectivity index (χ4v) is 5.31. The zero-order valence-corrected chi connectivity index (χ0v) is 18.0. The number of hydrogen-bond donors (Lipinski definition) is 0. The first-order valence-electron chi connectivity index (χ1n) is 11.2. The van der Waals surface area contributed by atoms with Crippen LogP contribution >= 0.6 is 0 Å². The highest BCUT2D eigenvalue weighted by Crippen LogP contribution is 2.41. The SMILES string of the molecule is Cc1ncc(-c2ccc3cnc(CC(=O)N4[C@@H]5CC[C@H]4CC(CCC(F)F)C5)cc3n2)o1. The molecular formula is C24H26F2N4O2. The molecule has 0 spiro atoms. The van der Waals surface area contributed by atoms with Crippen molar-refractivity contribution in [2.24, 2.45) is 5.92 Å². The number of amides is 1. The van der Waals surface area contributed by atoms with E-state index in [0.717, 1.165) is 36.6 Å². The van der Waals surface area contributed by atoms with Crippen molar-refractivity contribution in [3.05, 3.63) is 42.2 Å². The summed E-state index contributed by atoms with van der Waals surface area (Å²) in [6.45, 7) is 1.78. The summed E-state index contributed by atoms with van der Waals surface area (Å²) in [5, 5.41) is 0.890. The Morgan fingerprint density at radius 2 is 1.97 bits per heavy atom. The maximum atomic E-state index is 13.2. The maximum absolute atomic E-state index is 13.2. The van der Waals surface area contributed by atoms with Gasteiger partial charge in [-0.05, 0) is 56.2 Å². The van der Waals surface area contributed by atoms with Crippen LogP contribution in [0, 0.1) is 12.8 Å². The lowest BCUT2D eigenvalue weighted by atomic mass is 9.87. The fraction of sp³-hybridized carbons (Fsp3) is 0.500. The Morgan fingerprint density at radius 3 is 2.66 bits per heavy atom. The number of nitrogens with zero attached hydrogens (tertiary/aromatic N) is 4. The molecule has 0 aromatic carbocycles. The second-order valence-electron chi connectivity index (χ2n) is 8.98. The smallest absolute Gasteiger partial charge is 0.238 e. The molecule has 0 saturated carbocycles. The van der Waals surface area contributed by atoms with E-state index in [4.69, 9.17) is 4.42 Å². The molecule has 2 aliphatic rings. The molecule has 1 unspecified atom stereocenters. The highest BCUT2D eigenvalue weighted by Gasteiger charge is 2.42. The number of piperidine rings is 1. The highest BCUT2D eigenvalue weighted by molar-refractivity contribution is 5.83. The zero-order valence-electron chi connectivity index (χ0n) is 18.0. The van der Waals surface area contributed by atoms with Gasteiger partial charge in [0.2, 0.25) is 12.3 Å². The largest absolute Gasteiger partial charge is 0.439 e. The molecule has 6 nitrogen and oxygen atoms in total. The first-order chi connectivity index (χ1) is 15.5. The van der Waals surface area contributed by atoms with Crippen LogP contribution in [0.2, 0.25) is 0 Å². The molecule has 3 aromatic rings. The molecule has 32 heavy (non-hydrogen) atoms. The molecule has 0 radical (unpaired) electrons. The van der Waals surface area contributed by atoms with Gasteiger partial charge >= 0.3 is 0 Å². The first-order valence-corrected chi connectivity index (χ1v) is 11.2. The van der Waals surface area contributed by atoms with Crippen LogP contribution in [-0.4, -0.2) is 44.3 Å². The lowest BCUT2D eigenvalue weighted by Crippen LogP contribution is -2.47. The predicted molar refractivity (Wildman–Crippen MR) is 115 cm³/mol. The van der Waals surface area contributed by atoms with E-state index in [-0.39, 0.29) is 30.8 Å². The molecule has 0 N–H and O–H groups in total. The molecule has 3 atom stereocenters. The summed E-state index contributed by atoms with van der Waals surface area (Å²) in [5.74, 6) is 1.55. The van der Waals surface area contributed by atoms with Crippen molar-refractivity contribution in [1.82, 2.24) is 19.9 Å². The quantitative estimate of drug-likeness (QED) is 0.542. The number of halogens is 2. The summed E-state index contributed by atoms with van der Waals surface area (Å²) in [7, 11) is 0. The molecule has 2 bridgehead atoms. The van der Waals surface area contributed by atoms with E-state index in [9.17, 15) is 13.6 Å². The Hall–Kier alpha value is -2.90. The van der Waals surface area contributed by atoms with Gasteiger partial charge in [-0.15, -0.1) is 0 Å². The third-order valence-electron chi connectivity index (χ3n) is 6.75. The molecule has 2 fully saturated rings. The fourth-order valence-electron chi connectivity index (χ4n) is 5.31. The van der Waals surface area contributed by atoms with Gasteiger partial charge < -0.3 is 9.32 Å². The predicted octanol–water partition coefficient (Wildman–Crippen LogP) is 4.95. The summed E-state index contributed by atoms with van der Waals surface area (Å²) in [4.78, 5) is 28.4. The second kappa shape index (κ2) is 8.56. The number of alkyl halides is 2. The van der Waals surface area contributed by atoms with Crippen molar-refractivity contribution in [2.75, 3.05) is 0 Å². The van der Waals surface area contributed by atoms with Gasteiger partial charge in [0.15, 0.2) is 11.7 Å². The van der Waals surface area contributed by atoms with Gasteiger partial charge in [0.05, 0.1) is 23.8 Å². The van der Waals surface area contributed by atoms with Gasteiger partial charge in [0.1, 0.15) is 5.69 Å². The van der Waals surface area contributed by atoms with E-state index < -0.39 is 6.43 Å². The van der Waals surface area contributed by atoms with E-state index >= 15 is 0 Å².